The normalized spacial score (nSPS) is 12.8. The fourth-order valence-electron chi connectivity index (χ4n) is 5.16. The van der Waals surface area contributed by atoms with Gasteiger partial charge >= 0.3 is 0 Å². The summed E-state index contributed by atoms with van der Waals surface area (Å²) < 4.78 is 10.00. The lowest BCUT2D eigenvalue weighted by Gasteiger charge is -2.04. The van der Waals surface area contributed by atoms with Gasteiger partial charge in [0.25, 0.3) is 5.91 Å². The highest BCUT2D eigenvalue weighted by molar-refractivity contribution is 9.10. The number of hydrogen-bond donors (Lipinski definition) is 1. The Kier molecular flexibility index (Phi) is 7.94. The standard InChI is InChI=1S/C29H30BrN9O3/c1-5-39-24(15-18(2)34-39)27(42)33-29-35(3)22-10-8-9-20(30)25(22)38(29)14-7-6-13-37-21-12-11-19(26(31)41)16-23(21)36(4)28(37)32-17-40/h6-12,15-17H,5,13-14H2,1-4H3,(H2,31,41)/b7-6+,32-28+,33-29+. The van der Waals surface area contributed by atoms with Crippen LogP contribution in [-0.2, 0) is 38.5 Å². The van der Waals surface area contributed by atoms with E-state index in [0.29, 0.717) is 54.1 Å². The van der Waals surface area contributed by atoms with Crippen molar-refractivity contribution in [3.8, 4) is 0 Å². The first-order valence-electron chi connectivity index (χ1n) is 13.2. The predicted octanol–water partition coefficient (Wildman–Crippen LogP) is 2.71. The maximum atomic E-state index is 13.3. The molecule has 0 aliphatic heterocycles. The SMILES string of the molecule is CCn1nc(C)cc1C(=O)/N=c1\n(C)c2cccc(Br)c2n1C/C=C/Cn1/c(=N/C=O)n(C)c2cc(C(N)=O)ccc21. The Morgan fingerprint density at radius 3 is 2.38 bits per heavy atom. The van der Waals surface area contributed by atoms with Crippen LogP contribution in [0.3, 0.4) is 0 Å². The predicted molar refractivity (Wildman–Crippen MR) is 161 cm³/mol. The summed E-state index contributed by atoms with van der Waals surface area (Å²) in [5.74, 6) is -0.912. The van der Waals surface area contributed by atoms with Gasteiger partial charge in [0.15, 0.2) is 0 Å². The number of aromatic nitrogens is 6. The molecule has 3 amide bonds. The number of halogens is 1. The van der Waals surface area contributed by atoms with Crippen molar-refractivity contribution in [3.63, 3.8) is 0 Å². The van der Waals surface area contributed by atoms with Gasteiger partial charge in [-0.05, 0) is 66.2 Å². The fourth-order valence-corrected chi connectivity index (χ4v) is 5.73. The third-order valence-electron chi connectivity index (χ3n) is 7.12. The van der Waals surface area contributed by atoms with E-state index in [1.54, 1.807) is 40.6 Å². The number of imidazole rings is 2. The van der Waals surface area contributed by atoms with Crippen LogP contribution in [0, 0.1) is 6.92 Å². The molecule has 0 aliphatic rings. The number of allylic oxidation sites excluding steroid dienone is 2. The van der Waals surface area contributed by atoms with Crippen LogP contribution in [0.2, 0.25) is 0 Å². The number of para-hydroxylation sites is 1. The average Bonchev–Trinajstić information content (AvgIpc) is 3.57. The van der Waals surface area contributed by atoms with Gasteiger partial charge in [-0.2, -0.15) is 15.1 Å². The molecule has 0 saturated carbocycles. The molecule has 0 saturated heterocycles. The molecule has 5 aromatic rings. The van der Waals surface area contributed by atoms with Crippen molar-refractivity contribution in [1.82, 2.24) is 28.0 Å². The monoisotopic (exact) mass is 631 g/mol. The third kappa shape index (κ3) is 5.07. The van der Waals surface area contributed by atoms with Crippen LogP contribution in [0.25, 0.3) is 22.1 Å². The first-order chi connectivity index (χ1) is 20.2. The summed E-state index contributed by atoms with van der Waals surface area (Å²) >= 11 is 3.67. The van der Waals surface area contributed by atoms with E-state index in [2.05, 4.69) is 31.0 Å². The lowest BCUT2D eigenvalue weighted by Crippen LogP contribution is -2.26. The number of amides is 3. The molecule has 0 bridgehead atoms. The minimum absolute atomic E-state index is 0.365. The van der Waals surface area contributed by atoms with Gasteiger partial charge < -0.3 is 24.0 Å². The molecule has 0 unspecified atom stereocenters. The topological polar surface area (TPSA) is 139 Å². The summed E-state index contributed by atoms with van der Waals surface area (Å²) in [5.41, 5.74) is 11.2. The van der Waals surface area contributed by atoms with Crippen LogP contribution in [0.1, 0.15) is 33.5 Å². The lowest BCUT2D eigenvalue weighted by molar-refractivity contribution is -0.107. The average molecular weight is 633 g/mol. The zero-order chi connectivity index (χ0) is 30.1. The lowest BCUT2D eigenvalue weighted by atomic mass is 10.2. The molecule has 0 atom stereocenters. The number of benzene rings is 2. The third-order valence-corrected chi connectivity index (χ3v) is 7.76. The zero-order valence-corrected chi connectivity index (χ0v) is 25.2. The van der Waals surface area contributed by atoms with Gasteiger partial charge in [-0.3, -0.25) is 19.1 Å². The van der Waals surface area contributed by atoms with E-state index >= 15 is 0 Å². The number of rotatable bonds is 8. The first-order valence-corrected chi connectivity index (χ1v) is 14.0. The van der Waals surface area contributed by atoms with Gasteiger partial charge in [0, 0.05) is 43.8 Å². The molecular formula is C29H30BrN9O3. The van der Waals surface area contributed by atoms with Gasteiger partial charge in [0.05, 0.1) is 27.8 Å². The summed E-state index contributed by atoms with van der Waals surface area (Å²) in [6.45, 7) is 5.14. The Balaban J connectivity index is 1.56. The second kappa shape index (κ2) is 11.6. The maximum absolute atomic E-state index is 13.3. The van der Waals surface area contributed by atoms with E-state index in [4.69, 9.17) is 5.73 Å². The number of nitrogens with two attached hydrogens (primary N) is 1. The molecule has 0 radical (unpaired) electrons. The van der Waals surface area contributed by atoms with Crippen LogP contribution >= 0.6 is 15.9 Å². The maximum Gasteiger partial charge on any atom is 0.298 e. The Labute approximate surface area is 248 Å². The molecule has 0 fully saturated rings. The molecule has 2 aromatic carbocycles. The van der Waals surface area contributed by atoms with Crippen LogP contribution in [0.5, 0.6) is 0 Å². The summed E-state index contributed by atoms with van der Waals surface area (Å²) in [6.07, 6.45) is 4.41. The smallest absolute Gasteiger partial charge is 0.298 e. The highest BCUT2D eigenvalue weighted by Gasteiger charge is 2.17. The number of primary amides is 1. The van der Waals surface area contributed by atoms with Gasteiger partial charge in [-0.25, -0.2) is 0 Å². The highest BCUT2D eigenvalue weighted by atomic mass is 79.9. The van der Waals surface area contributed by atoms with Crippen molar-refractivity contribution >= 4 is 56.2 Å². The number of nitrogens with zero attached hydrogens (tertiary/aromatic N) is 8. The Hall–Kier alpha value is -4.78. The molecule has 0 spiro atoms. The molecular weight excluding hydrogens is 602 g/mol. The molecule has 42 heavy (non-hydrogen) atoms. The van der Waals surface area contributed by atoms with Crippen molar-refractivity contribution in [2.45, 2.75) is 33.5 Å². The van der Waals surface area contributed by atoms with E-state index in [-0.39, 0.29) is 5.91 Å². The molecule has 3 heterocycles. The van der Waals surface area contributed by atoms with Crippen LogP contribution in [-0.4, -0.2) is 46.3 Å². The summed E-state index contributed by atoms with van der Waals surface area (Å²) in [5, 5.41) is 4.39. The molecule has 216 valence electrons. The van der Waals surface area contributed by atoms with Gasteiger partial charge in [0.1, 0.15) is 5.69 Å². The second-order valence-corrected chi connectivity index (χ2v) is 10.6. The van der Waals surface area contributed by atoms with E-state index in [1.807, 2.05) is 64.9 Å². The Bertz CT molecular complexity index is 2050. The molecule has 0 aliphatic carbocycles. The quantitative estimate of drug-likeness (QED) is 0.208. The van der Waals surface area contributed by atoms with Gasteiger partial charge in [-0.1, -0.05) is 18.2 Å². The van der Waals surface area contributed by atoms with Gasteiger partial charge in [-0.15, -0.1) is 0 Å². The first kappa shape index (κ1) is 28.7. The number of fused-ring (bicyclic) bond motifs is 2. The number of aryl methyl sites for hydroxylation is 4. The van der Waals surface area contributed by atoms with E-state index in [1.165, 1.54) is 0 Å². The minimum atomic E-state index is -0.536. The van der Waals surface area contributed by atoms with E-state index in [9.17, 15) is 14.4 Å². The number of hydrogen-bond acceptors (Lipinski definition) is 4. The molecule has 3 aromatic heterocycles. The van der Waals surface area contributed by atoms with Crippen molar-refractivity contribution in [1.29, 1.82) is 0 Å². The molecule has 5 rings (SSSR count). The summed E-state index contributed by atoms with van der Waals surface area (Å²) in [6, 6.07) is 12.7. The zero-order valence-electron chi connectivity index (χ0n) is 23.7. The molecule has 12 nitrogen and oxygen atoms in total. The fraction of sp³-hybridized carbons (Fsp3) is 0.241. The number of carbonyl (C=O) groups excluding carboxylic acids is 3. The van der Waals surface area contributed by atoms with Crippen molar-refractivity contribution in [3.05, 3.63) is 87.3 Å². The molecule has 13 heteroatoms. The second-order valence-electron chi connectivity index (χ2n) is 9.72. The van der Waals surface area contributed by atoms with Crippen molar-refractivity contribution in [2.24, 2.45) is 29.8 Å². The Morgan fingerprint density at radius 2 is 1.69 bits per heavy atom. The van der Waals surface area contributed by atoms with Crippen molar-refractivity contribution < 1.29 is 14.4 Å². The molecule has 2 N–H and O–H groups in total. The van der Waals surface area contributed by atoms with Crippen LogP contribution in [0.15, 0.2) is 69.1 Å². The largest absolute Gasteiger partial charge is 0.366 e. The van der Waals surface area contributed by atoms with E-state index in [0.717, 1.165) is 26.7 Å². The Morgan fingerprint density at radius 1 is 0.976 bits per heavy atom. The minimum Gasteiger partial charge on any atom is -0.366 e. The summed E-state index contributed by atoms with van der Waals surface area (Å²) in [4.78, 5) is 44.9. The van der Waals surface area contributed by atoms with Gasteiger partial charge in [0.2, 0.25) is 23.6 Å². The van der Waals surface area contributed by atoms with Crippen LogP contribution < -0.4 is 17.0 Å². The summed E-state index contributed by atoms with van der Waals surface area (Å²) in [7, 11) is 3.65. The van der Waals surface area contributed by atoms with Crippen molar-refractivity contribution in [2.75, 3.05) is 0 Å². The highest BCUT2D eigenvalue weighted by Crippen LogP contribution is 2.23. The number of carbonyl (C=O) groups is 3. The van der Waals surface area contributed by atoms with Crippen LogP contribution in [0.4, 0.5) is 0 Å². The van der Waals surface area contributed by atoms with E-state index < -0.39 is 5.91 Å².